The third-order valence-electron chi connectivity index (χ3n) is 2.89. The Kier molecular flexibility index (Phi) is 3.47. The zero-order valence-corrected chi connectivity index (χ0v) is 10.3. The van der Waals surface area contributed by atoms with Crippen LogP contribution in [0.3, 0.4) is 0 Å². The van der Waals surface area contributed by atoms with Crippen LogP contribution >= 0.6 is 0 Å². The third kappa shape index (κ3) is 2.66. The first kappa shape index (κ1) is 12.1. The summed E-state index contributed by atoms with van der Waals surface area (Å²) in [6.07, 6.45) is 1.62. The first-order valence-corrected chi connectivity index (χ1v) is 5.70. The average Bonchev–Trinajstić information content (AvgIpc) is 2.22. The number of rotatable bonds is 4. The van der Waals surface area contributed by atoms with Gasteiger partial charge in [-0.15, -0.1) is 0 Å². The van der Waals surface area contributed by atoms with E-state index in [1.165, 1.54) is 19.4 Å². The van der Waals surface area contributed by atoms with Gasteiger partial charge in [0.05, 0.1) is 13.3 Å². The fourth-order valence-electron chi connectivity index (χ4n) is 1.78. The van der Waals surface area contributed by atoms with E-state index in [0.29, 0.717) is 11.8 Å². The van der Waals surface area contributed by atoms with Gasteiger partial charge in [-0.3, -0.25) is 4.90 Å². The molecule has 94 valence electrons. The summed E-state index contributed by atoms with van der Waals surface area (Å²) >= 11 is 0. The molecule has 0 amide bonds. The Labute approximate surface area is 100 Å². The number of likely N-dealkylation sites (tertiary alicyclic amines) is 1. The Morgan fingerprint density at radius 1 is 1.47 bits per heavy atom. The molecule has 1 aliphatic heterocycles. The topological polar surface area (TPSA) is 34.6 Å². The highest BCUT2D eigenvalue weighted by molar-refractivity contribution is 5.25. The van der Waals surface area contributed by atoms with Gasteiger partial charge in [0.2, 0.25) is 5.88 Å². The van der Waals surface area contributed by atoms with Crippen molar-refractivity contribution in [3.05, 3.63) is 18.1 Å². The summed E-state index contributed by atoms with van der Waals surface area (Å²) in [6.45, 7) is 6.05. The minimum absolute atomic E-state index is 0.00485. The molecule has 4 nitrogen and oxygen atoms in total. The standard InChI is InChI=1S/C12H17FN2O2/c1-8(2)15-6-10(7-15)17-9-4-11(13)12(16-3)14-5-9/h4-5,8,10H,6-7H2,1-3H3. The number of methoxy groups -OCH3 is 1. The fourth-order valence-corrected chi connectivity index (χ4v) is 1.78. The summed E-state index contributed by atoms with van der Waals surface area (Å²) < 4.78 is 23.7. The van der Waals surface area contributed by atoms with E-state index in [-0.39, 0.29) is 12.0 Å². The lowest BCUT2D eigenvalue weighted by Crippen LogP contribution is -2.56. The second-order valence-corrected chi connectivity index (χ2v) is 4.45. The van der Waals surface area contributed by atoms with Crippen LogP contribution in [0.5, 0.6) is 11.6 Å². The van der Waals surface area contributed by atoms with E-state index in [9.17, 15) is 4.39 Å². The van der Waals surface area contributed by atoms with Gasteiger partial charge in [-0.05, 0) is 13.8 Å². The van der Waals surface area contributed by atoms with E-state index in [0.717, 1.165) is 13.1 Å². The zero-order chi connectivity index (χ0) is 12.4. The van der Waals surface area contributed by atoms with E-state index in [2.05, 4.69) is 23.7 Å². The number of ether oxygens (including phenoxy) is 2. The Bertz CT molecular complexity index is 392. The highest BCUT2D eigenvalue weighted by atomic mass is 19.1. The maximum Gasteiger partial charge on any atom is 0.250 e. The van der Waals surface area contributed by atoms with Gasteiger partial charge in [0.15, 0.2) is 5.82 Å². The molecule has 0 radical (unpaired) electrons. The van der Waals surface area contributed by atoms with Gasteiger partial charge >= 0.3 is 0 Å². The molecule has 1 saturated heterocycles. The molecule has 2 rings (SSSR count). The summed E-state index contributed by atoms with van der Waals surface area (Å²) in [6, 6.07) is 1.84. The minimum Gasteiger partial charge on any atom is -0.486 e. The Morgan fingerprint density at radius 3 is 2.71 bits per heavy atom. The third-order valence-corrected chi connectivity index (χ3v) is 2.89. The average molecular weight is 240 g/mol. The van der Waals surface area contributed by atoms with Gasteiger partial charge in [-0.2, -0.15) is 0 Å². The molecule has 0 N–H and O–H groups in total. The van der Waals surface area contributed by atoms with Crippen molar-refractivity contribution in [3.63, 3.8) is 0 Å². The Morgan fingerprint density at radius 2 is 2.18 bits per heavy atom. The van der Waals surface area contributed by atoms with Crippen LogP contribution in [-0.4, -0.2) is 42.2 Å². The van der Waals surface area contributed by atoms with Crippen molar-refractivity contribution in [3.8, 4) is 11.6 Å². The second kappa shape index (κ2) is 4.87. The molecule has 0 unspecified atom stereocenters. The molecular formula is C12H17FN2O2. The molecular weight excluding hydrogens is 223 g/mol. The molecule has 17 heavy (non-hydrogen) atoms. The molecule has 0 aliphatic carbocycles. The molecule has 1 aliphatic rings. The quantitative estimate of drug-likeness (QED) is 0.802. The predicted molar refractivity (Wildman–Crippen MR) is 61.9 cm³/mol. The summed E-state index contributed by atoms with van der Waals surface area (Å²) in [5, 5.41) is 0. The van der Waals surface area contributed by atoms with Gasteiger partial charge in [0.25, 0.3) is 0 Å². The molecule has 0 bridgehead atoms. The van der Waals surface area contributed by atoms with Crippen LogP contribution in [0.15, 0.2) is 12.3 Å². The lowest BCUT2D eigenvalue weighted by Gasteiger charge is -2.41. The molecule has 0 saturated carbocycles. The summed E-state index contributed by atoms with van der Waals surface area (Å²) in [5.41, 5.74) is 0. The summed E-state index contributed by atoms with van der Waals surface area (Å²) in [7, 11) is 1.39. The van der Waals surface area contributed by atoms with Gasteiger partial charge in [0.1, 0.15) is 11.9 Å². The van der Waals surface area contributed by atoms with Crippen molar-refractivity contribution in [2.24, 2.45) is 0 Å². The van der Waals surface area contributed by atoms with Gasteiger partial charge in [0, 0.05) is 25.2 Å². The number of nitrogens with zero attached hydrogens (tertiary/aromatic N) is 2. The van der Waals surface area contributed by atoms with Gasteiger partial charge in [-0.25, -0.2) is 9.37 Å². The van der Waals surface area contributed by atoms with Crippen LogP contribution < -0.4 is 9.47 Å². The first-order valence-electron chi connectivity index (χ1n) is 5.70. The highest BCUT2D eigenvalue weighted by Crippen LogP contribution is 2.22. The number of pyridine rings is 1. The van der Waals surface area contributed by atoms with Crippen molar-refractivity contribution in [2.45, 2.75) is 26.0 Å². The zero-order valence-electron chi connectivity index (χ0n) is 10.3. The summed E-state index contributed by atoms with van der Waals surface area (Å²) in [4.78, 5) is 6.12. The SMILES string of the molecule is COc1ncc(OC2CN(C(C)C)C2)cc1F. The maximum absolute atomic E-state index is 13.3. The van der Waals surface area contributed by atoms with Crippen molar-refractivity contribution in [2.75, 3.05) is 20.2 Å². The number of hydrogen-bond acceptors (Lipinski definition) is 4. The van der Waals surface area contributed by atoms with Crippen molar-refractivity contribution in [1.29, 1.82) is 0 Å². The summed E-state index contributed by atoms with van der Waals surface area (Å²) in [5.74, 6) is -0.0449. The minimum atomic E-state index is -0.495. The molecule has 1 aromatic heterocycles. The van der Waals surface area contributed by atoms with Gasteiger partial charge in [-0.1, -0.05) is 0 Å². The molecule has 0 spiro atoms. The lowest BCUT2D eigenvalue weighted by atomic mass is 10.1. The number of halogens is 1. The highest BCUT2D eigenvalue weighted by Gasteiger charge is 2.30. The molecule has 0 aromatic carbocycles. The molecule has 5 heteroatoms. The maximum atomic E-state index is 13.3. The van der Waals surface area contributed by atoms with E-state index >= 15 is 0 Å². The first-order chi connectivity index (χ1) is 8.10. The molecule has 2 heterocycles. The van der Waals surface area contributed by atoms with Crippen LogP contribution in [0, 0.1) is 5.82 Å². The Hall–Kier alpha value is -1.36. The molecule has 0 atom stereocenters. The van der Waals surface area contributed by atoms with Crippen molar-refractivity contribution < 1.29 is 13.9 Å². The second-order valence-electron chi connectivity index (χ2n) is 4.45. The lowest BCUT2D eigenvalue weighted by molar-refractivity contribution is -0.000254. The van der Waals surface area contributed by atoms with Crippen LogP contribution in [0.25, 0.3) is 0 Å². The largest absolute Gasteiger partial charge is 0.486 e. The van der Waals surface area contributed by atoms with Crippen LogP contribution in [0.2, 0.25) is 0 Å². The molecule has 1 aromatic rings. The smallest absolute Gasteiger partial charge is 0.250 e. The number of aromatic nitrogens is 1. The fraction of sp³-hybridized carbons (Fsp3) is 0.583. The van der Waals surface area contributed by atoms with E-state index in [4.69, 9.17) is 9.47 Å². The van der Waals surface area contributed by atoms with Gasteiger partial charge < -0.3 is 9.47 Å². The number of hydrogen-bond donors (Lipinski definition) is 0. The van der Waals surface area contributed by atoms with Crippen LogP contribution in [0.1, 0.15) is 13.8 Å². The van der Waals surface area contributed by atoms with Crippen LogP contribution in [-0.2, 0) is 0 Å². The van der Waals surface area contributed by atoms with Crippen molar-refractivity contribution in [1.82, 2.24) is 9.88 Å². The Balaban J connectivity index is 1.90. The van der Waals surface area contributed by atoms with E-state index in [1.807, 2.05) is 0 Å². The predicted octanol–water partition coefficient (Wildman–Crippen LogP) is 1.70. The molecule has 1 fully saturated rings. The van der Waals surface area contributed by atoms with E-state index < -0.39 is 5.82 Å². The monoisotopic (exact) mass is 240 g/mol. The van der Waals surface area contributed by atoms with Crippen LogP contribution in [0.4, 0.5) is 4.39 Å². The van der Waals surface area contributed by atoms with E-state index in [1.54, 1.807) is 0 Å². The van der Waals surface area contributed by atoms with Crippen molar-refractivity contribution >= 4 is 0 Å². The normalized spacial score (nSPS) is 17.0.